The van der Waals surface area contributed by atoms with Crippen molar-refractivity contribution < 1.29 is 58.5 Å². The van der Waals surface area contributed by atoms with Gasteiger partial charge in [-0.3, -0.25) is 4.79 Å². The summed E-state index contributed by atoms with van der Waals surface area (Å²) in [7, 11) is 0. The molecule has 1 atom stereocenters. The molecule has 1 aliphatic rings. The number of para-hydroxylation sites is 1. The van der Waals surface area contributed by atoms with Gasteiger partial charge >= 0.3 is 29.6 Å². The molecule has 7 nitrogen and oxygen atoms in total. The zero-order valence-electron chi connectivity index (χ0n) is 22.2. The molecule has 0 aliphatic carbocycles. The standard InChI is InChI=1S/C31H25Cl2NO6.Na/c32-21-5-3-6-23(16-21)40-27-7-2-1-4-19(27)12-14-34-30(35)20-8-10-22(11-9-20)39-29-18-28-25(17-26(29)33)24(31(36)37)13-15-38-28;/h1-11,16-18,24H,12-15H2,(H,34,35)(H,36,37);/q;+1/p-1. The molecule has 0 fully saturated rings. The smallest absolute Gasteiger partial charge is 0.549 e. The Kier molecular flexibility index (Phi) is 10.6. The van der Waals surface area contributed by atoms with Crippen LogP contribution < -0.4 is 54.2 Å². The topological polar surface area (TPSA) is 96.9 Å². The van der Waals surface area contributed by atoms with Crippen LogP contribution in [0.2, 0.25) is 10.0 Å². The molecule has 10 heteroatoms. The van der Waals surface area contributed by atoms with Gasteiger partial charge in [0.05, 0.1) is 11.6 Å². The van der Waals surface area contributed by atoms with Crippen LogP contribution in [0.15, 0.2) is 84.9 Å². The Morgan fingerprint density at radius 1 is 0.902 bits per heavy atom. The van der Waals surface area contributed by atoms with E-state index in [1.165, 1.54) is 6.07 Å². The van der Waals surface area contributed by atoms with Gasteiger partial charge in [0, 0.05) is 40.6 Å². The number of carboxylic acids is 1. The minimum absolute atomic E-state index is 0. The third kappa shape index (κ3) is 7.76. The van der Waals surface area contributed by atoms with Crippen molar-refractivity contribution in [3.05, 3.63) is 112 Å². The molecule has 1 unspecified atom stereocenters. The van der Waals surface area contributed by atoms with Crippen molar-refractivity contribution in [1.82, 2.24) is 5.32 Å². The van der Waals surface area contributed by atoms with Crippen LogP contribution in [0.4, 0.5) is 0 Å². The van der Waals surface area contributed by atoms with Gasteiger partial charge in [0.15, 0.2) is 0 Å². The Labute approximate surface area is 269 Å². The van der Waals surface area contributed by atoms with E-state index >= 15 is 0 Å². The number of hydrogen-bond acceptors (Lipinski definition) is 6. The van der Waals surface area contributed by atoms with Crippen LogP contribution >= 0.6 is 23.2 Å². The second-order valence-electron chi connectivity index (χ2n) is 9.13. The Hall–Kier alpha value is -3.20. The van der Waals surface area contributed by atoms with Crippen molar-refractivity contribution in [2.75, 3.05) is 13.2 Å². The maximum Gasteiger partial charge on any atom is 1.00 e. The molecule has 0 bridgehead atoms. The Bertz CT molecular complexity index is 1550. The fraction of sp³-hybridized carbons (Fsp3) is 0.161. The largest absolute Gasteiger partial charge is 1.00 e. The average Bonchev–Trinajstić information content (AvgIpc) is 2.94. The number of carbonyl (C=O) groups excluding carboxylic acids is 2. The minimum atomic E-state index is -1.17. The maximum absolute atomic E-state index is 12.7. The first-order chi connectivity index (χ1) is 19.4. The van der Waals surface area contributed by atoms with Gasteiger partial charge in [-0.2, -0.15) is 0 Å². The number of carbonyl (C=O) groups is 2. The summed E-state index contributed by atoms with van der Waals surface area (Å²) in [5, 5.41) is 15.2. The van der Waals surface area contributed by atoms with Crippen LogP contribution in [-0.2, 0) is 11.2 Å². The molecular formula is C31H24Cl2NNaO6. The molecule has 1 N–H and O–H groups in total. The Balaban J connectivity index is 0.00000387. The van der Waals surface area contributed by atoms with Crippen molar-refractivity contribution in [2.45, 2.75) is 18.8 Å². The van der Waals surface area contributed by atoms with Gasteiger partial charge in [-0.1, -0.05) is 47.5 Å². The summed E-state index contributed by atoms with van der Waals surface area (Å²) in [6.07, 6.45) is 0.889. The van der Waals surface area contributed by atoms with Crippen LogP contribution in [0.1, 0.15) is 33.8 Å². The van der Waals surface area contributed by atoms with Crippen LogP contribution in [0.25, 0.3) is 0 Å². The number of benzene rings is 4. The number of halogens is 2. The predicted octanol–water partition coefficient (Wildman–Crippen LogP) is 3.17. The first-order valence-corrected chi connectivity index (χ1v) is 13.4. The van der Waals surface area contributed by atoms with Crippen LogP contribution in [0.3, 0.4) is 0 Å². The summed E-state index contributed by atoms with van der Waals surface area (Å²) in [6.45, 7) is 0.668. The quantitative estimate of drug-likeness (QED) is 0.297. The van der Waals surface area contributed by atoms with E-state index < -0.39 is 11.9 Å². The van der Waals surface area contributed by atoms with Gasteiger partial charge < -0.3 is 29.4 Å². The third-order valence-electron chi connectivity index (χ3n) is 6.41. The van der Waals surface area contributed by atoms with Crippen molar-refractivity contribution in [3.8, 4) is 28.7 Å². The zero-order valence-corrected chi connectivity index (χ0v) is 25.7. The van der Waals surface area contributed by atoms with E-state index in [0.717, 1.165) is 5.56 Å². The fourth-order valence-electron chi connectivity index (χ4n) is 4.39. The van der Waals surface area contributed by atoms with Crippen molar-refractivity contribution in [2.24, 2.45) is 0 Å². The molecule has 0 aromatic heterocycles. The van der Waals surface area contributed by atoms with E-state index in [4.69, 9.17) is 37.4 Å². The molecule has 4 aromatic carbocycles. The van der Waals surface area contributed by atoms with Gasteiger partial charge in [-0.05, 0) is 73.0 Å². The number of ether oxygens (including phenoxy) is 3. The predicted molar refractivity (Wildman–Crippen MR) is 150 cm³/mol. The summed E-state index contributed by atoms with van der Waals surface area (Å²) in [4.78, 5) is 24.2. The summed E-state index contributed by atoms with van der Waals surface area (Å²) >= 11 is 12.4. The third-order valence-corrected chi connectivity index (χ3v) is 6.94. The van der Waals surface area contributed by atoms with Gasteiger partial charge in [-0.25, -0.2) is 0 Å². The van der Waals surface area contributed by atoms with Gasteiger partial charge in [-0.15, -0.1) is 0 Å². The van der Waals surface area contributed by atoms with E-state index in [1.54, 1.807) is 42.5 Å². The number of rotatable bonds is 9. The normalized spacial score (nSPS) is 13.7. The molecule has 0 radical (unpaired) electrons. The molecule has 1 amide bonds. The summed E-state index contributed by atoms with van der Waals surface area (Å²) in [6, 6.07) is 24.5. The molecule has 0 saturated carbocycles. The van der Waals surface area contributed by atoms with Crippen LogP contribution in [0.5, 0.6) is 28.7 Å². The summed E-state index contributed by atoms with van der Waals surface area (Å²) in [5.74, 6) is 0.325. The van der Waals surface area contributed by atoms with Gasteiger partial charge in [0.2, 0.25) is 0 Å². The molecule has 0 spiro atoms. The minimum Gasteiger partial charge on any atom is -0.549 e. The van der Waals surface area contributed by atoms with E-state index in [-0.39, 0.29) is 47.1 Å². The zero-order chi connectivity index (χ0) is 28.1. The molecule has 0 saturated heterocycles. The molecule has 1 aliphatic heterocycles. The molecule has 204 valence electrons. The van der Waals surface area contributed by atoms with Crippen molar-refractivity contribution >= 4 is 35.1 Å². The average molecular weight is 600 g/mol. The Morgan fingerprint density at radius 2 is 1.66 bits per heavy atom. The molecule has 41 heavy (non-hydrogen) atoms. The van der Waals surface area contributed by atoms with Gasteiger partial charge in [0.1, 0.15) is 28.7 Å². The number of fused-ring (bicyclic) bond motifs is 1. The number of carboxylic acid groups (broad SMARTS) is 1. The summed E-state index contributed by atoms with van der Waals surface area (Å²) < 4.78 is 17.5. The van der Waals surface area contributed by atoms with Crippen molar-refractivity contribution in [1.29, 1.82) is 0 Å². The van der Waals surface area contributed by atoms with E-state index in [9.17, 15) is 14.7 Å². The van der Waals surface area contributed by atoms with E-state index in [2.05, 4.69) is 5.32 Å². The number of nitrogens with one attached hydrogen (secondary N) is 1. The van der Waals surface area contributed by atoms with Crippen LogP contribution in [-0.4, -0.2) is 25.0 Å². The monoisotopic (exact) mass is 599 g/mol. The maximum atomic E-state index is 12.7. The Morgan fingerprint density at radius 3 is 2.41 bits per heavy atom. The SMILES string of the molecule is O=C(NCCc1ccccc1Oc1cccc(Cl)c1)c1ccc(Oc2cc3c(cc2Cl)C(C(=O)[O-])CCO3)cc1.[Na+]. The molecule has 5 rings (SSSR count). The van der Waals surface area contributed by atoms with E-state index in [0.29, 0.717) is 64.3 Å². The molecular weight excluding hydrogens is 576 g/mol. The first kappa shape index (κ1) is 30.8. The van der Waals surface area contributed by atoms with E-state index in [1.807, 2.05) is 36.4 Å². The van der Waals surface area contributed by atoms with Crippen molar-refractivity contribution in [3.63, 3.8) is 0 Å². The fourth-order valence-corrected chi connectivity index (χ4v) is 4.79. The number of aliphatic carboxylic acids is 1. The number of amides is 1. The van der Waals surface area contributed by atoms with Gasteiger partial charge in [0.25, 0.3) is 5.91 Å². The second-order valence-corrected chi connectivity index (χ2v) is 9.97. The number of hydrogen-bond donors (Lipinski definition) is 1. The summed E-state index contributed by atoms with van der Waals surface area (Å²) in [5.41, 5.74) is 1.88. The first-order valence-electron chi connectivity index (χ1n) is 12.6. The van der Waals surface area contributed by atoms with Crippen LogP contribution in [0, 0.1) is 0 Å². The second kappa shape index (κ2) is 14.1. The molecule has 4 aromatic rings. The molecule has 1 heterocycles.